The molecule has 3 aromatic rings. The molecule has 0 saturated heterocycles. The molecule has 1 N–H and O–H groups in total. The van der Waals surface area contributed by atoms with Gasteiger partial charge in [0.2, 0.25) is 5.91 Å². The molecule has 2 aromatic carbocycles. The molecule has 4 bridgehead atoms. The van der Waals surface area contributed by atoms with Crippen molar-refractivity contribution in [1.29, 1.82) is 0 Å². The summed E-state index contributed by atoms with van der Waals surface area (Å²) in [6, 6.07) is 14.0. The van der Waals surface area contributed by atoms with Gasteiger partial charge in [0, 0.05) is 17.0 Å². The van der Waals surface area contributed by atoms with Crippen LogP contribution in [-0.4, -0.2) is 21.7 Å². The molecule has 4 saturated carbocycles. The third kappa shape index (κ3) is 3.89. The summed E-state index contributed by atoms with van der Waals surface area (Å²) < 4.78 is 1.36. The maximum absolute atomic E-state index is 13.3. The zero-order valence-corrected chi connectivity index (χ0v) is 21.0. The highest BCUT2D eigenvalue weighted by molar-refractivity contribution is 5.94. The van der Waals surface area contributed by atoms with Gasteiger partial charge in [-0.15, -0.1) is 0 Å². The van der Waals surface area contributed by atoms with Crippen LogP contribution in [0.5, 0.6) is 0 Å². The van der Waals surface area contributed by atoms with Crippen LogP contribution in [0.2, 0.25) is 0 Å². The van der Waals surface area contributed by atoms with Crippen molar-refractivity contribution in [2.75, 3.05) is 0 Å². The van der Waals surface area contributed by atoms with Crippen LogP contribution in [0.4, 0.5) is 0 Å². The Morgan fingerprint density at radius 3 is 2.31 bits per heavy atom. The molecule has 1 heterocycles. The number of hydrogen-bond acceptors (Lipinski definition) is 3. The summed E-state index contributed by atoms with van der Waals surface area (Å²) in [5.41, 5.74) is 4.00. The number of amides is 1. The zero-order valence-electron chi connectivity index (χ0n) is 21.0. The number of carbonyl (C=O) groups excluding carboxylic acids is 1. The number of nitrogens with zero attached hydrogens (tertiary/aromatic N) is 2. The van der Waals surface area contributed by atoms with Crippen LogP contribution in [0.1, 0.15) is 56.6 Å². The first kappa shape index (κ1) is 22.5. The first-order chi connectivity index (χ1) is 16.8. The largest absolute Gasteiger partial charge is 0.351 e. The first-order valence-corrected chi connectivity index (χ1v) is 13.2. The van der Waals surface area contributed by atoms with Gasteiger partial charge in [0.25, 0.3) is 5.56 Å². The van der Waals surface area contributed by atoms with Crippen molar-refractivity contribution in [3.05, 3.63) is 63.9 Å². The second kappa shape index (κ2) is 8.32. The number of benzene rings is 2. The van der Waals surface area contributed by atoms with Crippen LogP contribution < -0.4 is 10.9 Å². The van der Waals surface area contributed by atoms with Crippen LogP contribution >= 0.6 is 0 Å². The predicted octanol–water partition coefficient (Wildman–Crippen LogP) is 5.40. The standard InChI is InChI=1S/C30H35N3O2/c1-18-8-9-19(2)26(10-18)28-24-6-4-5-7-25(24)29(35)33(32-28)17-27(34)31-20(3)30-14-21-11-22(15-30)13-23(12-21)16-30/h4-10,20-23H,11-17H2,1-3H3,(H,31,34)/t20-,21?,22?,23?,30?/m0/s1. The Labute approximate surface area is 206 Å². The molecule has 1 aromatic heterocycles. The average Bonchev–Trinajstić information content (AvgIpc) is 2.82. The summed E-state index contributed by atoms with van der Waals surface area (Å²) in [4.78, 5) is 26.6. The van der Waals surface area contributed by atoms with E-state index in [1.54, 1.807) is 0 Å². The second-order valence-corrected chi connectivity index (χ2v) is 11.7. The molecule has 0 aliphatic heterocycles. The van der Waals surface area contributed by atoms with Crippen LogP contribution in [0, 0.1) is 37.0 Å². The number of carbonyl (C=O) groups is 1. The molecule has 35 heavy (non-hydrogen) atoms. The Morgan fingerprint density at radius 2 is 1.66 bits per heavy atom. The van der Waals surface area contributed by atoms with Crippen LogP contribution in [0.3, 0.4) is 0 Å². The lowest BCUT2D eigenvalue weighted by Gasteiger charge is -2.59. The number of rotatable bonds is 5. The average molecular weight is 470 g/mol. The Kier molecular flexibility index (Phi) is 5.35. The lowest BCUT2D eigenvalue weighted by Crippen LogP contribution is -2.56. The summed E-state index contributed by atoms with van der Waals surface area (Å²) >= 11 is 0. The molecular formula is C30H35N3O2. The van der Waals surface area contributed by atoms with Gasteiger partial charge in [0.15, 0.2) is 0 Å². The van der Waals surface area contributed by atoms with E-state index < -0.39 is 0 Å². The highest BCUT2D eigenvalue weighted by Crippen LogP contribution is 2.61. The van der Waals surface area contributed by atoms with E-state index in [0.29, 0.717) is 5.39 Å². The van der Waals surface area contributed by atoms with Crippen LogP contribution in [-0.2, 0) is 11.3 Å². The SMILES string of the molecule is Cc1ccc(C)c(-c2nn(CC(=O)N[C@@H](C)C34CC5CC(CC(C5)C3)C4)c(=O)c3ccccc23)c1. The van der Waals surface area contributed by atoms with Crippen LogP contribution in [0.15, 0.2) is 47.3 Å². The van der Waals surface area contributed by atoms with Crippen molar-refractivity contribution >= 4 is 16.7 Å². The summed E-state index contributed by atoms with van der Waals surface area (Å²) in [5.74, 6) is 2.39. The first-order valence-electron chi connectivity index (χ1n) is 13.2. The van der Waals surface area contributed by atoms with Gasteiger partial charge in [-0.3, -0.25) is 9.59 Å². The van der Waals surface area contributed by atoms with Crippen molar-refractivity contribution in [2.24, 2.45) is 23.2 Å². The number of hydrogen-bond donors (Lipinski definition) is 1. The molecule has 0 spiro atoms. The Morgan fingerprint density at radius 1 is 1.03 bits per heavy atom. The van der Waals surface area contributed by atoms with Crippen molar-refractivity contribution in [3.63, 3.8) is 0 Å². The minimum absolute atomic E-state index is 0.0573. The van der Waals surface area contributed by atoms with Crippen molar-refractivity contribution < 1.29 is 4.79 Å². The molecule has 4 aliphatic carbocycles. The Balaban J connectivity index is 1.30. The molecule has 4 aliphatic rings. The molecule has 4 fully saturated rings. The van der Waals surface area contributed by atoms with Crippen molar-refractivity contribution in [1.82, 2.24) is 15.1 Å². The summed E-state index contributed by atoms with van der Waals surface area (Å²) in [6.45, 7) is 6.24. The van der Waals surface area contributed by atoms with E-state index in [-0.39, 0.29) is 29.5 Å². The topological polar surface area (TPSA) is 64.0 Å². The molecular weight excluding hydrogens is 434 g/mol. The van der Waals surface area contributed by atoms with E-state index >= 15 is 0 Å². The molecule has 5 heteroatoms. The van der Waals surface area contributed by atoms with E-state index in [4.69, 9.17) is 5.10 Å². The third-order valence-electron chi connectivity index (χ3n) is 9.19. The fraction of sp³-hybridized carbons (Fsp3) is 0.500. The van der Waals surface area contributed by atoms with Gasteiger partial charge >= 0.3 is 0 Å². The fourth-order valence-electron chi connectivity index (χ4n) is 7.82. The quantitative estimate of drug-likeness (QED) is 0.544. The Hall–Kier alpha value is -2.95. The van der Waals surface area contributed by atoms with Gasteiger partial charge < -0.3 is 5.32 Å². The predicted molar refractivity (Wildman–Crippen MR) is 139 cm³/mol. The van der Waals surface area contributed by atoms with Gasteiger partial charge in [-0.1, -0.05) is 35.9 Å². The molecule has 7 rings (SSSR count). The molecule has 1 atom stereocenters. The smallest absolute Gasteiger partial charge is 0.275 e. The van der Waals surface area contributed by atoms with Gasteiger partial charge in [0.1, 0.15) is 6.54 Å². The van der Waals surface area contributed by atoms with Crippen LogP contribution in [0.25, 0.3) is 22.0 Å². The number of fused-ring (bicyclic) bond motifs is 1. The maximum atomic E-state index is 13.3. The second-order valence-electron chi connectivity index (χ2n) is 11.7. The molecule has 0 radical (unpaired) electrons. The van der Waals surface area contributed by atoms with Crippen molar-refractivity contribution in [2.45, 2.75) is 71.9 Å². The minimum atomic E-state index is -0.215. The monoisotopic (exact) mass is 469 g/mol. The maximum Gasteiger partial charge on any atom is 0.275 e. The van der Waals surface area contributed by atoms with Crippen molar-refractivity contribution in [3.8, 4) is 11.3 Å². The van der Waals surface area contributed by atoms with Gasteiger partial charge in [-0.05, 0) is 100 Å². The minimum Gasteiger partial charge on any atom is -0.351 e. The van der Waals surface area contributed by atoms with E-state index in [1.165, 1.54) is 43.2 Å². The number of aromatic nitrogens is 2. The van der Waals surface area contributed by atoms with E-state index in [1.807, 2.05) is 24.3 Å². The summed E-state index contributed by atoms with van der Waals surface area (Å²) in [5, 5.41) is 9.48. The van der Waals surface area contributed by atoms with E-state index in [0.717, 1.165) is 45.5 Å². The lowest BCUT2D eigenvalue weighted by atomic mass is 9.48. The lowest BCUT2D eigenvalue weighted by molar-refractivity contribution is -0.126. The third-order valence-corrected chi connectivity index (χ3v) is 9.19. The summed E-state index contributed by atoms with van der Waals surface area (Å²) in [7, 11) is 0. The zero-order chi connectivity index (χ0) is 24.3. The van der Waals surface area contributed by atoms with Gasteiger partial charge in [-0.2, -0.15) is 5.10 Å². The fourth-order valence-corrected chi connectivity index (χ4v) is 7.82. The molecule has 0 unspecified atom stereocenters. The van der Waals surface area contributed by atoms with Gasteiger partial charge in [0.05, 0.1) is 11.1 Å². The number of aryl methyl sites for hydroxylation is 2. The Bertz CT molecular complexity index is 1340. The summed E-state index contributed by atoms with van der Waals surface area (Å²) in [6.07, 6.45) is 7.88. The normalized spacial score (nSPS) is 27.8. The van der Waals surface area contributed by atoms with Gasteiger partial charge in [-0.25, -0.2) is 4.68 Å². The molecule has 5 nitrogen and oxygen atoms in total. The molecule has 182 valence electrons. The van der Waals surface area contributed by atoms with E-state index in [9.17, 15) is 9.59 Å². The number of nitrogens with one attached hydrogen (secondary N) is 1. The molecule has 1 amide bonds. The highest BCUT2D eigenvalue weighted by Gasteiger charge is 2.53. The highest BCUT2D eigenvalue weighted by atomic mass is 16.2. The van der Waals surface area contributed by atoms with E-state index in [2.05, 4.69) is 44.3 Å².